The molecule has 236 valence electrons. The molecule has 0 amide bonds. The number of methoxy groups -OCH3 is 2. The minimum absolute atomic E-state index is 0.0973. The minimum Gasteiger partial charge on any atom is -0.465 e. The van der Waals surface area contributed by atoms with Crippen molar-refractivity contribution in [3.8, 4) is 0 Å². The Bertz CT molecular complexity index is 1620. The lowest BCUT2D eigenvalue weighted by atomic mass is 9.97. The molecule has 9 nitrogen and oxygen atoms in total. The van der Waals surface area contributed by atoms with Gasteiger partial charge in [0.05, 0.1) is 44.6 Å². The number of hydrogen-bond donors (Lipinski definition) is 2. The molecule has 44 heavy (non-hydrogen) atoms. The lowest BCUT2D eigenvalue weighted by molar-refractivity contribution is 0.0591. The van der Waals surface area contributed by atoms with Crippen LogP contribution in [0.4, 0.5) is 13.2 Å². The molecule has 0 bridgehead atoms. The maximum absolute atomic E-state index is 14.0. The summed E-state index contributed by atoms with van der Waals surface area (Å²) in [5, 5.41) is -0.281. The van der Waals surface area contributed by atoms with Gasteiger partial charge in [0.15, 0.2) is 11.6 Å². The highest BCUT2D eigenvalue weighted by Crippen LogP contribution is 2.26. The number of nitrogens with one attached hydrogen (secondary N) is 1. The van der Waals surface area contributed by atoms with E-state index in [1.165, 1.54) is 18.5 Å². The summed E-state index contributed by atoms with van der Waals surface area (Å²) in [6.07, 6.45) is 0.662. The fraction of sp³-hybridized carbons (Fsp3) is 0.333. The van der Waals surface area contributed by atoms with Gasteiger partial charge in [0.25, 0.3) is 10.2 Å². The fourth-order valence-corrected chi connectivity index (χ4v) is 6.81. The number of benzene rings is 3. The smallest absolute Gasteiger partial charge is 0.338 e. The van der Waals surface area contributed by atoms with Crippen LogP contribution in [-0.2, 0) is 44.0 Å². The summed E-state index contributed by atoms with van der Waals surface area (Å²) in [7, 11) is -1.49. The summed E-state index contributed by atoms with van der Waals surface area (Å²) >= 11 is 4.43. The van der Waals surface area contributed by atoms with Crippen molar-refractivity contribution in [2.45, 2.75) is 37.3 Å². The number of carbonyl (C=O) groups is 2. The second-order valence-corrected chi connectivity index (χ2v) is 12.6. The summed E-state index contributed by atoms with van der Waals surface area (Å²) in [5.41, 5.74) is 2.45. The van der Waals surface area contributed by atoms with Crippen LogP contribution < -0.4 is 4.72 Å². The molecule has 0 saturated carbocycles. The van der Waals surface area contributed by atoms with E-state index in [1.54, 1.807) is 42.5 Å². The van der Waals surface area contributed by atoms with Gasteiger partial charge >= 0.3 is 11.9 Å². The fourth-order valence-electron chi connectivity index (χ4n) is 4.85. The third-order valence-corrected chi connectivity index (χ3v) is 9.06. The maximum atomic E-state index is 14.0. The number of thiol groups is 1. The Hall–Kier alpha value is -3.43. The number of hydrogen-bond acceptors (Lipinski definition) is 8. The third kappa shape index (κ3) is 8.18. The van der Waals surface area contributed by atoms with Crippen molar-refractivity contribution in [2.75, 3.05) is 27.4 Å². The Morgan fingerprint density at radius 1 is 0.909 bits per heavy atom. The van der Waals surface area contributed by atoms with Gasteiger partial charge in [0.1, 0.15) is 5.82 Å². The zero-order valence-electron chi connectivity index (χ0n) is 23.9. The second-order valence-electron chi connectivity index (χ2n) is 10.2. The average Bonchev–Trinajstić information content (AvgIpc) is 3.39. The van der Waals surface area contributed by atoms with Crippen molar-refractivity contribution in [1.82, 2.24) is 9.03 Å². The average molecular weight is 653 g/mol. The molecule has 14 heteroatoms. The van der Waals surface area contributed by atoms with Crippen LogP contribution in [0.2, 0.25) is 0 Å². The van der Waals surface area contributed by atoms with E-state index in [4.69, 9.17) is 14.2 Å². The predicted octanol–water partition coefficient (Wildman–Crippen LogP) is 4.19. The number of halogens is 3. The van der Waals surface area contributed by atoms with Gasteiger partial charge in [-0.25, -0.2) is 22.8 Å². The van der Waals surface area contributed by atoms with Crippen LogP contribution in [0.1, 0.15) is 49.4 Å². The summed E-state index contributed by atoms with van der Waals surface area (Å²) in [5.74, 6) is -4.53. The lowest BCUT2D eigenvalue weighted by Gasteiger charge is -2.24. The van der Waals surface area contributed by atoms with E-state index in [9.17, 15) is 31.2 Å². The van der Waals surface area contributed by atoms with E-state index >= 15 is 0 Å². The van der Waals surface area contributed by atoms with E-state index in [0.29, 0.717) is 47.2 Å². The van der Waals surface area contributed by atoms with Gasteiger partial charge in [0.2, 0.25) is 0 Å². The van der Waals surface area contributed by atoms with Crippen LogP contribution in [0.15, 0.2) is 54.6 Å². The summed E-state index contributed by atoms with van der Waals surface area (Å²) < 4.78 is 86.2. The van der Waals surface area contributed by atoms with Crippen molar-refractivity contribution in [3.63, 3.8) is 0 Å². The Kier molecular flexibility index (Phi) is 11.1. The van der Waals surface area contributed by atoms with E-state index in [-0.39, 0.29) is 37.1 Å². The minimum atomic E-state index is -4.04. The van der Waals surface area contributed by atoms with Crippen LogP contribution in [0.5, 0.6) is 0 Å². The largest absolute Gasteiger partial charge is 0.465 e. The molecule has 2 atom stereocenters. The summed E-state index contributed by atoms with van der Waals surface area (Å²) in [6.45, 7) is -0.498. The first-order valence-corrected chi connectivity index (χ1v) is 15.4. The van der Waals surface area contributed by atoms with Gasteiger partial charge in [-0.3, -0.25) is 0 Å². The number of nitrogens with zero attached hydrogens (tertiary/aromatic N) is 1. The molecule has 0 aliphatic carbocycles. The molecule has 4 rings (SSSR count). The molecule has 1 aliphatic heterocycles. The molecule has 0 aromatic heterocycles. The van der Waals surface area contributed by atoms with Gasteiger partial charge in [-0.2, -0.15) is 30.1 Å². The van der Waals surface area contributed by atoms with E-state index in [2.05, 4.69) is 17.4 Å². The van der Waals surface area contributed by atoms with Crippen LogP contribution >= 0.6 is 12.6 Å². The molecule has 1 aliphatic rings. The topological polar surface area (TPSA) is 111 Å². The van der Waals surface area contributed by atoms with Crippen molar-refractivity contribution in [2.24, 2.45) is 0 Å². The molecule has 1 N–H and O–H groups in total. The molecule has 1 heterocycles. The van der Waals surface area contributed by atoms with Crippen molar-refractivity contribution in [1.29, 1.82) is 0 Å². The van der Waals surface area contributed by atoms with Gasteiger partial charge in [-0.15, -0.1) is 0 Å². The van der Waals surface area contributed by atoms with Crippen LogP contribution in [0, 0.1) is 17.5 Å². The highest BCUT2D eigenvalue weighted by atomic mass is 32.2. The first kappa shape index (κ1) is 33.5. The number of carbonyl (C=O) groups excluding carboxylic acids is 2. The lowest BCUT2D eigenvalue weighted by Crippen LogP contribution is -2.45. The highest BCUT2D eigenvalue weighted by Gasteiger charge is 2.38. The second kappa shape index (κ2) is 14.6. The number of ether oxygens (including phenoxy) is 3. The zero-order chi connectivity index (χ0) is 32.0. The van der Waals surface area contributed by atoms with Crippen LogP contribution in [0.3, 0.4) is 0 Å². The Morgan fingerprint density at radius 2 is 1.57 bits per heavy atom. The molecule has 1 fully saturated rings. The third-order valence-electron chi connectivity index (χ3n) is 7.11. The van der Waals surface area contributed by atoms with Crippen molar-refractivity contribution >= 4 is 34.8 Å². The first-order chi connectivity index (χ1) is 20.9. The number of rotatable bonds is 12. The van der Waals surface area contributed by atoms with Crippen molar-refractivity contribution in [3.05, 3.63) is 105 Å². The molecular formula is C30H31F3N2O7S2. The Labute approximate surface area is 258 Å². The first-order valence-electron chi connectivity index (χ1n) is 13.4. The molecule has 0 radical (unpaired) electrons. The monoisotopic (exact) mass is 652 g/mol. The van der Waals surface area contributed by atoms with Gasteiger partial charge in [0, 0.05) is 30.0 Å². The van der Waals surface area contributed by atoms with E-state index in [1.807, 2.05) is 0 Å². The summed E-state index contributed by atoms with van der Waals surface area (Å²) in [6, 6.07) is 12.0. The Morgan fingerprint density at radius 3 is 2.25 bits per heavy atom. The van der Waals surface area contributed by atoms with E-state index < -0.39 is 45.6 Å². The normalized spacial score (nSPS) is 17.0. The molecule has 0 unspecified atom stereocenters. The molecular weight excluding hydrogens is 621 g/mol. The molecule has 1 saturated heterocycles. The van der Waals surface area contributed by atoms with Crippen LogP contribution in [-0.4, -0.2) is 63.3 Å². The van der Waals surface area contributed by atoms with Gasteiger partial charge in [-0.05, 0) is 53.8 Å². The standard InChI is InChI=1S/C30H31F3N2O7S2/c1-40-29(36)20-6-3-18(4-7-20)9-21-10-19(5-8-25(21)30(37)41-2)14-34-44(38,39)35-15-24(43)12-23(35)17-42-16-22-11-27(32)28(33)13-26(22)31/h3-8,10-11,13,23-24,34,43H,9,12,14-17H2,1-2H3/t23-,24+/m0/s1. The van der Waals surface area contributed by atoms with Crippen LogP contribution in [0.25, 0.3) is 0 Å². The molecule has 0 spiro atoms. The number of esters is 2. The molecule has 3 aromatic carbocycles. The highest BCUT2D eigenvalue weighted by molar-refractivity contribution is 7.87. The SMILES string of the molecule is COC(=O)c1ccc(Cc2cc(CNS(=O)(=O)N3C[C@H](S)C[C@H]3COCc3cc(F)c(F)cc3F)ccc2C(=O)OC)cc1. The maximum Gasteiger partial charge on any atom is 0.338 e. The zero-order valence-corrected chi connectivity index (χ0v) is 25.6. The quantitative estimate of drug-likeness (QED) is 0.172. The van der Waals surface area contributed by atoms with Gasteiger partial charge in [-0.1, -0.05) is 24.3 Å². The summed E-state index contributed by atoms with van der Waals surface area (Å²) in [4.78, 5) is 24.2. The van der Waals surface area contributed by atoms with Gasteiger partial charge < -0.3 is 14.2 Å². The predicted molar refractivity (Wildman–Crippen MR) is 158 cm³/mol. The van der Waals surface area contributed by atoms with E-state index in [0.717, 1.165) is 5.56 Å². The van der Waals surface area contributed by atoms with Crippen molar-refractivity contribution < 1.29 is 45.4 Å². The molecule has 3 aromatic rings. The Balaban J connectivity index is 1.44.